The molecule has 1 saturated heterocycles. The Balaban J connectivity index is 1.26. The molecule has 0 aromatic heterocycles. The molecule has 2 fully saturated rings. The SMILES string of the molecule is C=CCN1CC[C@]23c4c5c(O)cc(OC)c4O[C@H]2[C@@H](N(C(=O)CCCCCc2ccccc2)C(C)C)CC[C@H]3[C@H]1C5. The highest BCUT2D eigenvalue weighted by atomic mass is 16.5. The summed E-state index contributed by atoms with van der Waals surface area (Å²) in [6.07, 6.45) is 10.3. The van der Waals surface area contributed by atoms with Crippen molar-refractivity contribution in [2.24, 2.45) is 5.92 Å². The minimum Gasteiger partial charge on any atom is -0.508 e. The van der Waals surface area contributed by atoms with Crippen LogP contribution in [0.3, 0.4) is 0 Å². The van der Waals surface area contributed by atoms with E-state index in [4.69, 9.17) is 9.47 Å². The Labute approximate surface area is 245 Å². The third-order valence-corrected chi connectivity index (χ3v) is 10.5. The third kappa shape index (κ3) is 4.63. The molecule has 5 atom stereocenters. The summed E-state index contributed by atoms with van der Waals surface area (Å²) in [5.74, 6) is 2.37. The van der Waals surface area contributed by atoms with Crippen molar-refractivity contribution in [1.29, 1.82) is 0 Å². The van der Waals surface area contributed by atoms with E-state index in [-0.39, 0.29) is 29.5 Å². The van der Waals surface area contributed by atoms with Crippen LogP contribution in [0.15, 0.2) is 49.1 Å². The van der Waals surface area contributed by atoms with Crippen LogP contribution in [0.2, 0.25) is 0 Å². The first kappa shape index (κ1) is 28.1. The van der Waals surface area contributed by atoms with Crippen molar-refractivity contribution in [2.75, 3.05) is 20.2 Å². The molecular weight excluding hydrogens is 512 g/mol. The molecule has 4 aliphatic rings. The van der Waals surface area contributed by atoms with Crippen LogP contribution in [0.5, 0.6) is 17.2 Å². The maximum Gasteiger partial charge on any atom is 0.223 e. The van der Waals surface area contributed by atoms with Crippen molar-refractivity contribution in [1.82, 2.24) is 9.80 Å². The van der Waals surface area contributed by atoms with Crippen LogP contribution < -0.4 is 9.47 Å². The van der Waals surface area contributed by atoms with E-state index in [1.807, 2.05) is 6.08 Å². The summed E-state index contributed by atoms with van der Waals surface area (Å²) in [5, 5.41) is 11.2. The highest BCUT2D eigenvalue weighted by Crippen LogP contribution is 2.65. The Morgan fingerprint density at radius 2 is 2.05 bits per heavy atom. The van der Waals surface area contributed by atoms with Crippen molar-refractivity contribution >= 4 is 5.91 Å². The predicted octanol–water partition coefficient (Wildman–Crippen LogP) is 6.03. The first-order valence-electron chi connectivity index (χ1n) is 15.7. The topological polar surface area (TPSA) is 62.2 Å². The Bertz CT molecular complexity index is 1280. The van der Waals surface area contributed by atoms with Gasteiger partial charge in [0.25, 0.3) is 0 Å². The number of methoxy groups -OCH3 is 1. The van der Waals surface area contributed by atoms with Crippen molar-refractivity contribution in [3.05, 3.63) is 65.7 Å². The number of rotatable bonds is 11. The fourth-order valence-corrected chi connectivity index (χ4v) is 8.89. The van der Waals surface area contributed by atoms with Gasteiger partial charge in [0, 0.05) is 47.7 Å². The maximum atomic E-state index is 13.9. The number of hydrogen-bond donors (Lipinski definition) is 1. The van der Waals surface area contributed by atoms with Crippen LogP contribution in [0.25, 0.3) is 0 Å². The summed E-state index contributed by atoms with van der Waals surface area (Å²) in [6, 6.07) is 12.7. The quantitative estimate of drug-likeness (QED) is 0.269. The summed E-state index contributed by atoms with van der Waals surface area (Å²) < 4.78 is 12.7. The van der Waals surface area contributed by atoms with Crippen LogP contribution in [0.4, 0.5) is 0 Å². The van der Waals surface area contributed by atoms with Crippen molar-refractivity contribution in [3.8, 4) is 17.2 Å². The number of carbonyl (C=O) groups is 1. The predicted molar refractivity (Wildman–Crippen MR) is 162 cm³/mol. The molecule has 0 unspecified atom stereocenters. The number of hydrogen-bond acceptors (Lipinski definition) is 5. The van der Waals surface area contributed by atoms with Gasteiger partial charge in [-0.3, -0.25) is 9.69 Å². The van der Waals surface area contributed by atoms with Gasteiger partial charge >= 0.3 is 0 Å². The minimum absolute atomic E-state index is 0.000118. The standard InChI is InChI=1S/C35H46N2O4/c1-5-19-36-20-18-35-26-16-17-27(34(35)41-33-30(40-4)22-29(38)25(32(33)35)21-28(26)36)37(23(2)3)31(39)15-11-7-10-14-24-12-8-6-9-13-24/h5-6,8-9,12-13,22-23,26-28,34,38H,1,7,10-11,14-21H2,2-4H3/t26-,27-,28+,34-,35-/m0/s1. The number of nitrogens with zero attached hydrogens (tertiary/aromatic N) is 2. The fraction of sp³-hybridized carbons (Fsp3) is 0.571. The van der Waals surface area contributed by atoms with E-state index in [1.165, 1.54) is 11.1 Å². The van der Waals surface area contributed by atoms with E-state index in [0.717, 1.165) is 75.8 Å². The number of phenolic OH excluding ortho intramolecular Hbond substituents is 1. The number of carbonyl (C=O) groups excluding carboxylic acids is 1. The zero-order valence-electron chi connectivity index (χ0n) is 25.0. The molecule has 2 bridgehead atoms. The zero-order valence-corrected chi connectivity index (χ0v) is 25.0. The van der Waals surface area contributed by atoms with Gasteiger partial charge in [0.1, 0.15) is 11.9 Å². The van der Waals surface area contributed by atoms with Gasteiger partial charge < -0.3 is 19.5 Å². The van der Waals surface area contributed by atoms with Gasteiger partial charge in [0.2, 0.25) is 5.91 Å². The molecule has 2 heterocycles. The molecule has 6 rings (SSSR count). The van der Waals surface area contributed by atoms with E-state index < -0.39 is 0 Å². The summed E-state index contributed by atoms with van der Waals surface area (Å²) in [6.45, 7) is 10.1. The third-order valence-electron chi connectivity index (χ3n) is 10.5. The second-order valence-electron chi connectivity index (χ2n) is 12.9. The number of likely N-dealkylation sites (tertiary alicyclic amines) is 1. The number of amides is 1. The number of piperidine rings is 1. The Morgan fingerprint density at radius 1 is 1.24 bits per heavy atom. The van der Waals surface area contributed by atoms with E-state index in [0.29, 0.717) is 29.9 Å². The maximum absolute atomic E-state index is 13.9. The fourth-order valence-electron chi connectivity index (χ4n) is 8.89. The zero-order chi connectivity index (χ0) is 28.7. The molecule has 1 spiro atoms. The Morgan fingerprint density at radius 3 is 2.78 bits per heavy atom. The van der Waals surface area contributed by atoms with Crippen molar-refractivity contribution in [2.45, 2.75) is 101 Å². The van der Waals surface area contributed by atoms with E-state index in [9.17, 15) is 9.90 Å². The molecular formula is C35H46N2O4. The summed E-state index contributed by atoms with van der Waals surface area (Å²) in [7, 11) is 1.65. The molecule has 1 amide bonds. The minimum atomic E-state index is -0.219. The molecule has 0 radical (unpaired) electrons. The molecule has 1 N–H and O–H groups in total. The first-order valence-corrected chi connectivity index (χ1v) is 15.7. The van der Waals surface area contributed by atoms with E-state index in [1.54, 1.807) is 13.2 Å². The van der Waals surface area contributed by atoms with E-state index in [2.05, 4.69) is 60.6 Å². The van der Waals surface area contributed by atoms with Gasteiger partial charge in [-0.05, 0) is 76.8 Å². The number of ether oxygens (including phenoxy) is 2. The lowest BCUT2D eigenvalue weighted by Gasteiger charge is -2.60. The second-order valence-corrected chi connectivity index (χ2v) is 12.9. The van der Waals surface area contributed by atoms with Crippen molar-refractivity contribution < 1.29 is 19.4 Å². The van der Waals surface area contributed by atoms with Gasteiger partial charge in [-0.1, -0.05) is 42.8 Å². The van der Waals surface area contributed by atoms with Gasteiger partial charge in [0.05, 0.1) is 13.2 Å². The monoisotopic (exact) mass is 558 g/mol. The highest BCUT2D eigenvalue weighted by molar-refractivity contribution is 5.77. The number of phenols is 1. The van der Waals surface area contributed by atoms with Crippen LogP contribution >= 0.6 is 0 Å². The Kier molecular flexibility index (Phi) is 7.80. The number of aromatic hydroxyl groups is 1. The number of unbranched alkanes of at least 4 members (excludes halogenated alkanes) is 2. The van der Waals surface area contributed by atoms with Crippen LogP contribution in [0.1, 0.15) is 75.5 Å². The first-order chi connectivity index (χ1) is 19.9. The molecule has 2 aromatic carbocycles. The second kappa shape index (κ2) is 11.4. The summed E-state index contributed by atoms with van der Waals surface area (Å²) >= 11 is 0. The molecule has 1 saturated carbocycles. The normalized spacial score (nSPS) is 27.7. The lowest BCUT2D eigenvalue weighted by molar-refractivity contribution is -0.145. The molecule has 6 heteroatoms. The molecule has 6 nitrogen and oxygen atoms in total. The van der Waals surface area contributed by atoms with Crippen molar-refractivity contribution in [3.63, 3.8) is 0 Å². The molecule has 2 aliphatic heterocycles. The van der Waals surface area contributed by atoms with Gasteiger partial charge in [-0.2, -0.15) is 0 Å². The Hall–Kier alpha value is -2.99. The van der Waals surface area contributed by atoms with Gasteiger partial charge in [-0.15, -0.1) is 6.58 Å². The average molecular weight is 559 g/mol. The molecule has 2 aromatic rings. The van der Waals surface area contributed by atoms with Gasteiger partial charge in [-0.25, -0.2) is 0 Å². The van der Waals surface area contributed by atoms with Crippen LogP contribution in [-0.4, -0.2) is 65.2 Å². The molecule has 220 valence electrons. The summed E-state index contributed by atoms with van der Waals surface area (Å²) in [4.78, 5) is 18.6. The highest BCUT2D eigenvalue weighted by Gasteiger charge is 2.67. The van der Waals surface area contributed by atoms with Gasteiger partial charge in [0.15, 0.2) is 11.5 Å². The molecule has 2 aliphatic carbocycles. The van der Waals surface area contributed by atoms with Crippen LogP contribution in [0, 0.1) is 5.92 Å². The summed E-state index contributed by atoms with van der Waals surface area (Å²) in [5.41, 5.74) is 3.33. The lowest BCUT2D eigenvalue weighted by Crippen LogP contribution is -2.69. The average Bonchev–Trinajstić information content (AvgIpc) is 3.31. The lowest BCUT2D eigenvalue weighted by atomic mass is 9.50. The number of benzene rings is 2. The largest absolute Gasteiger partial charge is 0.508 e. The van der Waals surface area contributed by atoms with Crippen LogP contribution in [-0.2, 0) is 23.1 Å². The van der Waals surface area contributed by atoms with E-state index >= 15 is 0 Å². The number of aryl methyl sites for hydroxylation is 1. The smallest absolute Gasteiger partial charge is 0.223 e. The molecule has 41 heavy (non-hydrogen) atoms.